The molecule has 0 atom stereocenters. The minimum Gasteiger partial charge on any atom is -0.444 e. The van der Waals surface area contributed by atoms with E-state index in [9.17, 15) is 4.79 Å². The van der Waals surface area contributed by atoms with E-state index in [1.165, 1.54) is 0 Å². The maximum absolute atomic E-state index is 12.3. The van der Waals surface area contributed by atoms with E-state index in [1.807, 2.05) is 51.1 Å². The summed E-state index contributed by atoms with van der Waals surface area (Å²) in [6.45, 7) is 6.92. The third-order valence-electron chi connectivity index (χ3n) is 3.71. The molecule has 1 amide bonds. The summed E-state index contributed by atoms with van der Waals surface area (Å²) in [4.78, 5) is 22.5. The molecule has 25 heavy (non-hydrogen) atoms. The standard InChI is InChI=1S/C18H21ClN4O2/c1-18(2,3)25-17(24)23-10-13-14(11-23)21-16(19)22-15(13)20-9-12-7-5-4-6-8-12/h4-8H,9-11H2,1-3H3,(H,20,21,22). The van der Waals surface area contributed by atoms with Gasteiger partial charge in [-0.05, 0) is 37.9 Å². The number of ether oxygens (including phenoxy) is 1. The maximum atomic E-state index is 12.3. The van der Waals surface area contributed by atoms with Crippen molar-refractivity contribution in [2.75, 3.05) is 5.32 Å². The summed E-state index contributed by atoms with van der Waals surface area (Å²) in [5.41, 5.74) is 2.23. The van der Waals surface area contributed by atoms with Crippen LogP contribution in [0.15, 0.2) is 30.3 Å². The highest BCUT2D eigenvalue weighted by Gasteiger charge is 2.31. The zero-order chi connectivity index (χ0) is 18.0. The lowest BCUT2D eigenvalue weighted by atomic mass is 10.2. The lowest BCUT2D eigenvalue weighted by Gasteiger charge is -2.24. The van der Waals surface area contributed by atoms with Crippen molar-refractivity contribution in [3.63, 3.8) is 0 Å². The van der Waals surface area contributed by atoms with Crippen molar-refractivity contribution in [3.05, 3.63) is 52.4 Å². The molecule has 1 N–H and O–H groups in total. The first-order valence-electron chi connectivity index (χ1n) is 8.13. The van der Waals surface area contributed by atoms with Crippen molar-refractivity contribution in [1.82, 2.24) is 14.9 Å². The van der Waals surface area contributed by atoms with Crippen molar-refractivity contribution < 1.29 is 9.53 Å². The van der Waals surface area contributed by atoms with E-state index in [-0.39, 0.29) is 11.4 Å². The van der Waals surface area contributed by atoms with E-state index in [1.54, 1.807) is 4.90 Å². The Morgan fingerprint density at radius 1 is 1.24 bits per heavy atom. The third kappa shape index (κ3) is 4.39. The summed E-state index contributed by atoms with van der Waals surface area (Å²) >= 11 is 6.05. The molecule has 132 valence electrons. The third-order valence-corrected chi connectivity index (χ3v) is 3.88. The van der Waals surface area contributed by atoms with E-state index < -0.39 is 5.60 Å². The molecule has 0 saturated carbocycles. The number of carbonyl (C=O) groups excluding carboxylic acids is 1. The van der Waals surface area contributed by atoms with Gasteiger partial charge in [-0.3, -0.25) is 4.90 Å². The Morgan fingerprint density at radius 3 is 2.64 bits per heavy atom. The Labute approximate surface area is 152 Å². The van der Waals surface area contributed by atoms with Gasteiger partial charge in [-0.2, -0.15) is 0 Å². The van der Waals surface area contributed by atoms with Crippen molar-refractivity contribution in [3.8, 4) is 0 Å². The molecule has 0 spiro atoms. The zero-order valence-corrected chi connectivity index (χ0v) is 15.3. The van der Waals surface area contributed by atoms with Crippen molar-refractivity contribution in [2.45, 2.75) is 46.0 Å². The van der Waals surface area contributed by atoms with Crippen LogP contribution in [0.4, 0.5) is 10.6 Å². The minimum absolute atomic E-state index is 0.167. The molecule has 0 saturated heterocycles. The topological polar surface area (TPSA) is 67.3 Å². The van der Waals surface area contributed by atoms with E-state index in [0.717, 1.165) is 16.8 Å². The number of anilines is 1. The number of fused-ring (bicyclic) bond motifs is 1. The number of halogens is 1. The van der Waals surface area contributed by atoms with Crippen LogP contribution < -0.4 is 5.32 Å². The number of carbonyl (C=O) groups is 1. The van der Waals surface area contributed by atoms with Gasteiger partial charge in [-0.25, -0.2) is 14.8 Å². The molecule has 1 aromatic heterocycles. The quantitative estimate of drug-likeness (QED) is 0.838. The fourth-order valence-corrected chi connectivity index (χ4v) is 2.79. The Hall–Kier alpha value is -2.34. The highest BCUT2D eigenvalue weighted by Crippen LogP contribution is 2.29. The highest BCUT2D eigenvalue weighted by molar-refractivity contribution is 6.28. The van der Waals surface area contributed by atoms with Crippen LogP contribution in [0.25, 0.3) is 0 Å². The molecule has 0 bridgehead atoms. The van der Waals surface area contributed by atoms with Crippen LogP contribution in [0.1, 0.15) is 37.6 Å². The number of hydrogen-bond acceptors (Lipinski definition) is 5. The molecule has 3 rings (SSSR count). The molecular weight excluding hydrogens is 340 g/mol. The van der Waals surface area contributed by atoms with Crippen molar-refractivity contribution in [1.29, 1.82) is 0 Å². The number of nitrogens with one attached hydrogen (secondary N) is 1. The molecule has 2 aromatic rings. The van der Waals surface area contributed by atoms with Crippen LogP contribution in [0.5, 0.6) is 0 Å². The van der Waals surface area contributed by atoms with Crippen LogP contribution in [-0.4, -0.2) is 26.6 Å². The predicted octanol–water partition coefficient (Wildman–Crippen LogP) is 3.99. The van der Waals surface area contributed by atoms with Gasteiger partial charge < -0.3 is 10.1 Å². The number of hydrogen-bond donors (Lipinski definition) is 1. The molecule has 2 heterocycles. The second-order valence-electron chi connectivity index (χ2n) is 6.94. The van der Waals surface area contributed by atoms with E-state index in [4.69, 9.17) is 16.3 Å². The first kappa shape index (κ1) is 17.5. The van der Waals surface area contributed by atoms with Crippen molar-refractivity contribution >= 4 is 23.5 Å². The largest absolute Gasteiger partial charge is 0.444 e. The number of aromatic nitrogens is 2. The number of benzene rings is 1. The average Bonchev–Trinajstić information content (AvgIpc) is 2.96. The van der Waals surface area contributed by atoms with Gasteiger partial charge in [0.05, 0.1) is 18.8 Å². The lowest BCUT2D eigenvalue weighted by molar-refractivity contribution is 0.0241. The maximum Gasteiger partial charge on any atom is 0.410 e. The fourth-order valence-electron chi connectivity index (χ4n) is 2.61. The van der Waals surface area contributed by atoms with Gasteiger partial charge in [-0.15, -0.1) is 0 Å². The summed E-state index contributed by atoms with van der Waals surface area (Å²) in [6.07, 6.45) is -0.365. The Morgan fingerprint density at radius 2 is 1.96 bits per heavy atom. The summed E-state index contributed by atoms with van der Waals surface area (Å²) in [6, 6.07) is 10.0. The summed E-state index contributed by atoms with van der Waals surface area (Å²) in [5, 5.41) is 3.46. The fraction of sp³-hybridized carbons (Fsp3) is 0.389. The monoisotopic (exact) mass is 360 g/mol. The van der Waals surface area contributed by atoms with Crippen LogP contribution in [0.3, 0.4) is 0 Å². The van der Waals surface area contributed by atoms with Crippen molar-refractivity contribution in [2.24, 2.45) is 0 Å². The normalized spacial score (nSPS) is 13.5. The molecule has 0 unspecified atom stereocenters. The second kappa shape index (κ2) is 6.88. The van der Waals surface area contributed by atoms with Gasteiger partial charge in [0.25, 0.3) is 0 Å². The molecule has 6 nitrogen and oxygen atoms in total. The molecule has 1 aliphatic rings. The Kier molecular flexibility index (Phi) is 4.81. The predicted molar refractivity (Wildman–Crippen MR) is 96.3 cm³/mol. The van der Waals surface area contributed by atoms with Gasteiger partial charge >= 0.3 is 6.09 Å². The van der Waals surface area contributed by atoms with Gasteiger partial charge in [0, 0.05) is 12.1 Å². The lowest BCUT2D eigenvalue weighted by Crippen LogP contribution is -2.33. The first-order valence-corrected chi connectivity index (χ1v) is 8.50. The number of rotatable bonds is 3. The zero-order valence-electron chi connectivity index (χ0n) is 14.5. The van der Waals surface area contributed by atoms with Crippen LogP contribution in [0.2, 0.25) is 5.28 Å². The van der Waals surface area contributed by atoms with E-state index >= 15 is 0 Å². The number of nitrogens with zero attached hydrogens (tertiary/aromatic N) is 3. The van der Waals surface area contributed by atoms with E-state index in [2.05, 4.69) is 15.3 Å². The molecule has 1 aromatic carbocycles. The van der Waals surface area contributed by atoms with Gasteiger partial charge in [0.15, 0.2) is 0 Å². The van der Waals surface area contributed by atoms with Gasteiger partial charge in [0.1, 0.15) is 11.4 Å². The van der Waals surface area contributed by atoms with Crippen LogP contribution in [0, 0.1) is 0 Å². The molecule has 0 radical (unpaired) electrons. The number of amides is 1. The first-order chi connectivity index (χ1) is 11.8. The molecule has 7 heteroatoms. The van der Waals surface area contributed by atoms with Gasteiger partial charge in [-0.1, -0.05) is 30.3 Å². The molecular formula is C18H21ClN4O2. The Balaban J connectivity index is 1.75. The van der Waals surface area contributed by atoms with Crippen LogP contribution in [-0.2, 0) is 24.4 Å². The summed E-state index contributed by atoms with van der Waals surface area (Å²) in [7, 11) is 0. The van der Waals surface area contributed by atoms with Crippen LogP contribution >= 0.6 is 11.6 Å². The highest BCUT2D eigenvalue weighted by atomic mass is 35.5. The Bertz CT molecular complexity index is 775. The molecule has 0 fully saturated rings. The smallest absolute Gasteiger partial charge is 0.410 e. The van der Waals surface area contributed by atoms with E-state index in [0.29, 0.717) is 25.5 Å². The SMILES string of the molecule is CC(C)(C)OC(=O)N1Cc2nc(Cl)nc(NCc3ccccc3)c2C1. The summed E-state index contributed by atoms with van der Waals surface area (Å²) < 4.78 is 5.44. The molecule has 0 aliphatic carbocycles. The average molecular weight is 361 g/mol. The summed E-state index contributed by atoms with van der Waals surface area (Å²) in [5.74, 6) is 0.657. The molecule has 1 aliphatic heterocycles. The second-order valence-corrected chi connectivity index (χ2v) is 7.28. The van der Waals surface area contributed by atoms with Gasteiger partial charge in [0.2, 0.25) is 5.28 Å². The minimum atomic E-state index is -0.538.